The number of aromatic nitrogens is 6. The van der Waals surface area contributed by atoms with Gasteiger partial charge in [-0.1, -0.05) is 6.07 Å². The Kier molecular flexibility index (Phi) is 6.98. The maximum Gasteiger partial charge on any atom is 0.223 e. The smallest absolute Gasteiger partial charge is 0.223 e. The molecule has 1 fully saturated rings. The number of hydrogen-bond donors (Lipinski definition) is 3. The summed E-state index contributed by atoms with van der Waals surface area (Å²) in [4.78, 5) is 22.2. The molecule has 9 nitrogen and oxygen atoms in total. The summed E-state index contributed by atoms with van der Waals surface area (Å²) in [7, 11) is 0. The van der Waals surface area contributed by atoms with Crippen LogP contribution >= 0.6 is 0 Å². The second-order valence-corrected chi connectivity index (χ2v) is 9.85. The van der Waals surface area contributed by atoms with Gasteiger partial charge in [0.2, 0.25) is 5.91 Å². The highest BCUT2D eigenvalue weighted by molar-refractivity contribution is 5.79. The summed E-state index contributed by atoms with van der Waals surface area (Å²) in [5, 5.41) is 17.5. The van der Waals surface area contributed by atoms with Crippen molar-refractivity contribution < 1.29 is 9.18 Å². The number of halogens is 1. The van der Waals surface area contributed by atoms with Crippen molar-refractivity contribution in [2.45, 2.75) is 58.4 Å². The van der Waals surface area contributed by atoms with Crippen LogP contribution in [0.3, 0.4) is 0 Å². The lowest BCUT2D eigenvalue weighted by atomic mass is 9.79. The Morgan fingerprint density at radius 2 is 1.92 bits per heavy atom. The van der Waals surface area contributed by atoms with E-state index in [4.69, 9.17) is 4.98 Å². The molecule has 4 aromatic rings. The number of rotatable bonds is 7. The fraction of sp³-hybridized carbons (Fsp3) is 0.370. The Bertz CT molecular complexity index is 1370. The molecule has 1 amide bonds. The molecule has 37 heavy (non-hydrogen) atoms. The SMILES string of the molecule is Cc1cc(Nc2cc(C)[nH]n2)nc([C@H]2CC[C@H](C(=O)N[C@@H](C)c3ccc(-n4cc(F)cn4)nc3)CC2)c1. The van der Waals surface area contributed by atoms with Gasteiger partial charge >= 0.3 is 0 Å². The molecule has 4 heterocycles. The van der Waals surface area contributed by atoms with E-state index >= 15 is 0 Å². The molecule has 192 valence electrons. The summed E-state index contributed by atoms with van der Waals surface area (Å²) in [5.74, 6) is 2.01. The van der Waals surface area contributed by atoms with E-state index in [1.165, 1.54) is 10.9 Å². The molecule has 0 spiro atoms. The van der Waals surface area contributed by atoms with Crippen molar-refractivity contribution in [1.29, 1.82) is 0 Å². The number of amides is 1. The number of aromatic amines is 1. The van der Waals surface area contributed by atoms with Crippen LogP contribution < -0.4 is 10.6 Å². The Balaban J connectivity index is 1.16. The van der Waals surface area contributed by atoms with Gasteiger partial charge in [-0.25, -0.2) is 19.0 Å². The molecule has 0 saturated heterocycles. The standard InChI is InChI=1S/C27H31FN8O/c1-16-10-23(32-24(11-16)33-25-12-17(2)34-35-25)19-4-6-20(7-5-19)27(37)31-18(3)21-8-9-26(29-13-21)36-15-22(28)14-30-36/h8-15,18-20H,4-7H2,1-3H3,(H,31,37)(H2,32,33,34,35)/t18-,19-,20-/m0/s1. The third-order valence-corrected chi connectivity index (χ3v) is 6.88. The number of nitrogens with zero attached hydrogens (tertiary/aromatic N) is 5. The van der Waals surface area contributed by atoms with Gasteiger partial charge in [-0.15, -0.1) is 0 Å². The normalized spacial score (nSPS) is 18.4. The van der Waals surface area contributed by atoms with Crippen LogP contribution in [0.15, 0.2) is 48.9 Å². The van der Waals surface area contributed by atoms with Crippen LogP contribution in [0, 0.1) is 25.6 Å². The van der Waals surface area contributed by atoms with Gasteiger partial charge in [-0.05, 0) is 75.8 Å². The molecule has 1 saturated carbocycles. The number of aryl methyl sites for hydroxylation is 2. The lowest BCUT2D eigenvalue weighted by Gasteiger charge is -2.29. The zero-order valence-corrected chi connectivity index (χ0v) is 21.2. The largest absolute Gasteiger partial charge is 0.349 e. The molecular weight excluding hydrogens is 471 g/mol. The first-order valence-electron chi connectivity index (χ1n) is 12.6. The Morgan fingerprint density at radius 3 is 2.57 bits per heavy atom. The van der Waals surface area contributed by atoms with Gasteiger partial charge in [-0.2, -0.15) is 10.2 Å². The molecular formula is C27H31FN8O. The second-order valence-electron chi connectivity index (χ2n) is 9.85. The highest BCUT2D eigenvalue weighted by Gasteiger charge is 2.29. The number of H-pyrrole nitrogens is 1. The van der Waals surface area contributed by atoms with E-state index < -0.39 is 5.82 Å². The van der Waals surface area contributed by atoms with Crippen molar-refractivity contribution in [1.82, 2.24) is 35.3 Å². The first-order chi connectivity index (χ1) is 17.8. The van der Waals surface area contributed by atoms with Crippen LogP contribution in [0.1, 0.15) is 67.1 Å². The van der Waals surface area contributed by atoms with Crippen molar-refractivity contribution in [3.05, 3.63) is 77.3 Å². The molecule has 0 bridgehead atoms. The number of hydrogen-bond acceptors (Lipinski definition) is 6. The Morgan fingerprint density at radius 1 is 1.11 bits per heavy atom. The van der Waals surface area contributed by atoms with Gasteiger partial charge in [0.05, 0.1) is 18.4 Å². The fourth-order valence-corrected chi connectivity index (χ4v) is 4.86. The third-order valence-electron chi connectivity index (χ3n) is 6.88. The molecule has 0 aromatic carbocycles. The molecule has 0 unspecified atom stereocenters. The first kappa shape index (κ1) is 24.6. The predicted octanol–water partition coefficient (Wildman–Crippen LogP) is 5.04. The van der Waals surface area contributed by atoms with Crippen LogP contribution in [0.5, 0.6) is 0 Å². The average Bonchev–Trinajstić information content (AvgIpc) is 3.51. The zero-order chi connectivity index (χ0) is 25.9. The van der Waals surface area contributed by atoms with Crippen LogP contribution in [0.2, 0.25) is 0 Å². The quantitative estimate of drug-likeness (QED) is 0.326. The van der Waals surface area contributed by atoms with Gasteiger partial charge in [-0.3, -0.25) is 9.89 Å². The van der Waals surface area contributed by atoms with Crippen molar-refractivity contribution in [2.75, 3.05) is 5.32 Å². The lowest BCUT2D eigenvalue weighted by molar-refractivity contribution is -0.126. The predicted molar refractivity (Wildman–Crippen MR) is 138 cm³/mol. The van der Waals surface area contributed by atoms with E-state index in [1.807, 2.05) is 32.0 Å². The van der Waals surface area contributed by atoms with Crippen molar-refractivity contribution in [3.8, 4) is 5.82 Å². The topological polar surface area (TPSA) is 113 Å². The molecule has 3 N–H and O–H groups in total. The van der Waals surface area contributed by atoms with E-state index in [1.54, 1.807) is 12.3 Å². The molecule has 4 aromatic heterocycles. The Labute approximate surface area is 214 Å². The minimum Gasteiger partial charge on any atom is -0.349 e. The van der Waals surface area contributed by atoms with Crippen molar-refractivity contribution >= 4 is 17.5 Å². The van der Waals surface area contributed by atoms with Crippen LogP contribution in [-0.2, 0) is 4.79 Å². The highest BCUT2D eigenvalue weighted by atomic mass is 19.1. The van der Waals surface area contributed by atoms with Crippen LogP contribution in [-0.4, -0.2) is 35.9 Å². The maximum atomic E-state index is 13.2. The van der Waals surface area contributed by atoms with E-state index in [-0.39, 0.29) is 17.9 Å². The molecule has 5 rings (SSSR count). The minimum atomic E-state index is -0.416. The lowest BCUT2D eigenvalue weighted by Crippen LogP contribution is -2.34. The zero-order valence-electron chi connectivity index (χ0n) is 21.2. The number of carbonyl (C=O) groups excluding carboxylic acids is 1. The average molecular weight is 503 g/mol. The molecule has 10 heteroatoms. The second kappa shape index (κ2) is 10.5. The number of carbonyl (C=O) groups is 1. The van der Waals surface area contributed by atoms with Crippen LogP contribution in [0.25, 0.3) is 5.82 Å². The number of pyridine rings is 2. The van der Waals surface area contributed by atoms with Crippen molar-refractivity contribution in [2.24, 2.45) is 5.92 Å². The van der Waals surface area contributed by atoms with Gasteiger partial charge in [0.1, 0.15) is 5.82 Å². The van der Waals surface area contributed by atoms with E-state index in [9.17, 15) is 9.18 Å². The molecule has 1 aliphatic rings. The summed E-state index contributed by atoms with van der Waals surface area (Å²) in [6.07, 6.45) is 7.58. The van der Waals surface area contributed by atoms with Gasteiger partial charge in [0.15, 0.2) is 17.5 Å². The minimum absolute atomic E-state index is 0.0209. The van der Waals surface area contributed by atoms with Crippen molar-refractivity contribution in [3.63, 3.8) is 0 Å². The van der Waals surface area contributed by atoms with E-state index in [2.05, 4.69) is 43.9 Å². The third kappa shape index (κ3) is 5.84. The summed E-state index contributed by atoms with van der Waals surface area (Å²) in [6, 6.07) is 9.56. The molecule has 0 aliphatic heterocycles. The van der Waals surface area contributed by atoms with Gasteiger partial charge in [0, 0.05) is 35.5 Å². The highest BCUT2D eigenvalue weighted by Crippen LogP contribution is 2.36. The summed E-state index contributed by atoms with van der Waals surface area (Å²) < 4.78 is 14.6. The summed E-state index contributed by atoms with van der Waals surface area (Å²) >= 11 is 0. The molecule has 1 atom stereocenters. The fourth-order valence-electron chi connectivity index (χ4n) is 4.86. The monoisotopic (exact) mass is 502 g/mol. The summed E-state index contributed by atoms with van der Waals surface area (Å²) in [5.41, 5.74) is 4.07. The Hall–Kier alpha value is -4.08. The first-order valence-corrected chi connectivity index (χ1v) is 12.6. The van der Waals surface area contributed by atoms with E-state index in [0.717, 1.165) is 66.0 Å². The van der Waals surface area contributed by atoms with E-state index in [0.29, 0.717) is 11.7 Å². The maximum absolute atomic E-state index is 13.2. The number of anilines is 2. The molecule has 1 aliphatic carbocycles. The molecule has 0 radical (unpaired) electrons. The summed E-state index contributed by atoms with van der Waals surface area (Å²) in [6.45, 7) is 5.97. The number of nitrogens with one attached hydrogen (secondary N) is 3. The van der Waals surface area contributed by atoms with Gasteiger partial charge in [0.25, 0.3) is 0 Å². The van der Waals surface area contributed by atoms with Crippen LogP contribution in [0.4, 0.5) is 16.0 Å². The van der Waals surface area contributed by atoms with Gasteiger partial charge < -0.3 is 10.6 Å².